The maximum Gasteiger partial charge on any atom is 0.301 e. The van der Waals surface area contributed by atoms with E-state index in [2.05, 4.69) is 182 Å². The van der Waals surface area contributed by atoms with E-state index >= 15 is 0 Å². The Morgan fingerprint density at radius 1 is 0.386 bits per heavy atom. The highest BCUT2D eigenvalue weighted by molar-refractivity contribution is 7.93. The van der Waals surface area contributed by atoms with Gasteiger partial charge in [-0.25, -0.2) is 8.42 Å². The minimum Gasteiger partial charge on any atom is -0.726 e. The van der Waals surface area contributed by atoms with E-state index in [1.54, 1.807) is 0 Å². The molecule has 0 aliphatic carbocycles. The molecule has 0 saturated heterocycles. The lowest BCUT2D eigenvalue weighted by Gasteiger charge is -2.20. The standard InChI is InChI=1S/C36H30NP2.H2O4S/c1-7-19-31(20-8-1)38(32-21-9-2-10-22-32,33-23-11-3-12-24-33)37-39(34-25-13-4-14-26-34,35-27-15-5-16-28-35)36-29-17-6-18-30-36;1-5(2,3)4/h1-30H;(H2,1,2,3,4)/q+1;/p-1. The summed E-state index contributed by atoms with van der Waals surface area (Å²) in [5.41, 5.74) is 0. The topological polar surface area (TPSA) is 91.5 Å². The van der Waals surface area contributed by atoms with Crippen molar-refractivity contribution in [1.29, 1.82) is 0 Å². The van der Waals surface area contributed by atoms with Crippen LogP contribution < -0.4 is 36.0 Å². The molecule has 8 heteroatoms. The monoisotopic (exact) mass is 635 g/mol. The Bertz CT molecular complexity index is 1670. The van der Waals surface area contributed by atoms with Gasteiger partial charge in [0.1, 0.15) is 0 Å². The second-order valence-corrected chi connectivity index (χ2v) is 17.0. The zero-order chi connectivity index (χ0) is 30.9. The normalized spacial score (nSPS) is 11.5. The van der Waals surface area contributed by atoms with Crippen LogP contribution in [-0.4, -0.2) is 17.5 Å². The summed E-state index contributed by atoms with van der Waals surface area (Å²) in [5.74, 6) is 0. The first-order chi connectivity index (χ1) is 21.3. The molecule has 0 radical (unpaired) electrons. The first-order valence-corrected chi connectivity index (χ1v) is 18.7. The Morgan fingerprint density at radius 3 is 0.659 bits per heavy atom. The molecule has 0 saturated carbocycles. The van der Waals surface area contributed by atoms with E-state index in [4.69, 9.17) is 21.7 Å². The van der Waals surface area contributed by atoms with E-state index < -0.39 is 24.5 Å². The van der Waals surface area contributed by atoms with Crippen molar-refractivity contribution in [2.45, 2.75) is 0 Å². The van der Waals surface area contributed by atoms with Crippen LogP contribution in [0.15, 0.2) is 182 Å². The Labute approximate surface area is 259 Å². The SMILES string of the molecule is O=S(=O)([O-])O.c1ccc(P(=[N+]=P(c2ccccc2)(c2ccccc2)c2ccccc2)(c2ccccc2)c2ccccc2)cc1. The van der Waals surface area contributed by atoms with Crippen LogP contribution >= 0.6 is 14.1 Å². The smallest absolute Gasteiger partial charge is 0.301 e. The minimum absolute atomic E-state index is 1.26. The summed E-state index contributed by atoms with van der Waals surface area (Å²) in [4.78, 5) is 0. The summed E-state index contributed by atoms with van der Waals surface area (Å²) in [5, 5.41) is 7.55. The van der Waals surface area contributed by atoms with Gasteiger partial charge in [0.05, 0.1) is 31.8 Å². The molecule has 0 aromatic heterocycles. The van der Waals surface area contributed by atoms with Crippen molar-refractivity contribution in [3.05, 3.63) is 182 Å². The van der Waals surface area contributed by atoms with Gasteiger partial charge in [-0.1, -0.05) is 109 Å². The van der Waals surface area contributed by atoms with Crippen LogP contribution in [0.3, 0.4) is 0 Å². The molecule has 1 N–H and O–H groups in total. The largest absolute Gasteiger partial charge is 0.726 e. The molecule has 0 fully saturated rings. The molecule has 44 heavy (non-hydrogen) atoms. The van der Waals surface area contributed by atoms with Crippen molar-refractivity contribution in [2.24, 2.45) is 0 Å². The highest BCUT2D eigenvalue weighted by Crippen LogP contribution is 2.50. The number of nitrogens with zero attached hydrogens (tertiary/aromatic N) is 1. The molecule has 0 amide bonds. The number of hydrogen-bond donors (Lipinski definition) is 1. The fourth-order valence-electron chi connectivity index (χ4n) is 5.27. The molecule has 0 bridgehead atoms. The highest BCUT2D eigenvalue weighted by Gasteiger charge is 2.44. The minimum atomic E-state index is -4.92. The summed E-state index contributed by atoms with van der Waals surface area (Å²) in [6.45, 7) is 0. The molecule has 6 rings (SSSR count). The second-order valence-electron chi connectivity index (χ2n) is 9.80. The van der Waals surface area contributed by atoms with Gasteiger partial charge in [0.2, 0.25) is 10.4 Å². The average molecular weight is 636 g/mol. The quantitative estimate of drug-likeness (QED) is 0.115. The molecule has 0 spiro atoms. The second kappa shape index (κ2) is 14.0. The van der Waals surface area contributed by atoms with Crippen molar-refractivity contribution in [3.8, 4) is 0 Å². The van der Waals surface area contributed by atoms with Gasteiger partial charge in [0, 0.05) is 0 Å². The zero-order valence-electron chi connectivity index (χ0n) is 23.7. The summed E-state index contributed by atoms with van der Waals surface area (Å²) in [6.07, 6.45) is 0. The van der Waals surface area contributed by atoms with Crippen molar-refractivity contribution < 1.29 is 17.5 Å². The zero-order valence-corrected chi connectivity index (χ0v) is 26.3. The molecule has 0 aliphatic rings. The van der Waals surface area contributed by atoms with Gasteiger partial charge >= 0.3 is 14.1 Å². The lowest BCUT2D eigenvalue weighted by Crippen LogP contribution is -2.31. The molecule has 0 unspecified atom stereocenters. The third-order valence-electron chi connectivity index (χ3n) is 7.05. The maximum absolute atomic E-state index is 8.63. The van der Waals surface area contributed by atoms with E-state index in [0.717, 1.165) is 0 Å². The molecule has 220 valence electrons. The molecule has 6 aromatic carbocycles. The Morgan fingerprint density at radius 2 is 0.523 bits per heavy atom. The number of benzene rings is 6. The van der Waals surface area contributed by atoms with Gasteiger partial charge in [-0.3, -0.25) is 4.55 Å². The van der Waals surface area contributed by atoms with Crippen molar-refractivity contribution in [3.63, 3.8) is 0 Å². The van der Waals surface area contributed by atoms with Crippen LogP contribution in [0.2, 0.25) is 0 Å². The van der Waals surface area contributed by atoms with Crippen molar-refractivity contribution in [1.82, 2.24) is 4.17 Å². The molecule has 0 atom stereocenters. The summed E-state index contributed by atoms with van der Waals surface area (Å²) in [6, 6.07) is 65.7. The van der Waals surface area contributed by atoms with E-state index in [9.17, 15) is 0 Å². The predicted octanol–water partition coefficient (Wildman–Crippen LogP) is 5.41. The number of rotatable bonds is 6. The van der Waals surface area contributed by atoms with E-state index in [1.165, 1.54) is 31.8 Å². The van der Waals surface area contributed by atoms with E-state index in [0.29, 0.717) is 0 Å². The summed E-state index contributed by atoms with van der Waals surface area (Å²) in [7, 11) is -9.91. The van der Waals surface area contributed by atoms with Crippen LogP contribution in [0.1, 0.15) is 0 Å². The Hall–Kier alpha value is -4.24. The third kappa shape index (κ3) is 6.94. The lowest BCUT2D eigenvalue weighted by molar-refractivity contribution is 0.366. The molecule has 0 aliphatic heterocycles. The van der Waals surface area contributed by atoms with Gasteiger partial charge in [-0.05, 0) is 72.8 Å². The van der Waals surface area contributed by atoms with Crippen LogP contribution in [0.5, 0.6) is 0 Å². The fourth-order valence-corrected chi connectivity index (χ4v) is 14.8. The first kappa shape index (κ1) is 31.2. The van der Waals surface area contributed by atoms with Crippen LogP contribution in [0.25, 0.3) is 0 Å². The molecule has 5 nitrogen and oxygen atoms in total. The van der Waals surface area contributed by atoms with Crippen molar-refractivity contribution in [2.75, 3.05) is 0 Å². The average Bonchev–Trinajstić information content (AvgIpc) is 3.07. The first-order valence-electron chi connectivity index (χ1n) is 13.9. The fraction of sp³-hybridized carbons (Fsp3) is 0. The maximum atomic E-state index is 8.63. The Kier molecular flexibility index (Phi) is 9.95. The molecular formula is C36H31NO4P2S. The summed E-state index contributed by atoms with van der Waals surface area (Å²) >= 11 is 0. The molecule has 6 aromatic rings. The van der Waals surface area contributed by atoms with Crippen LogP contribution in [0.4, 0.5) is 0 Å². The predicted molar refractivity (Wildman–Crippen MR) is 185 cm³/mol. The van der Waals surface area contributed by atoms with Gasteiger partial charge in [0.25, 0.3) is 0 Å². The van der Waals surface area contributed by atoms with Crippen LogP contribution in [0, 0.1) is 0 Å². The summed E-state index contributed by atoms with van der Waals surface area (Å²) < 4.78 is 39.2. The Balaban J connectivity index is 0.000000712. The van der Waals surface area contributed by atoms with Gasteiger partial charge in [-0.2, -0.15) is 0 Å². The van der Waals surface area contributed by atoms with Crippen molar-refractivity contribution >= 4 is 56.3 Å². The lowest BCUT2D eigenvalue weighted by atomic mass is 10.4. The van der Waals surface area contributed by atoms with E-state index in [1.807, 2.05) is 0 Å². The van der Waals surface area contributed by atoms with Gasteiger partial charge in [-0.15, -0.1) is 4.17 Å². The number of hydrogen-bond acceptors (Lipinski definition) is 3. The third-order valence-corrected chi connectivity index (χ3v) is 15.5. The van der Waals surface area contributed by atoms with Gasteiger partial charge < -0.3 is 4.55 Å². The van der Waals surface area contributed by atoms with E-state index in [-0.39, 0.29) is 0 Å². The highest BCUT2D eigenvalue weighted by atomic mass is 32.3. The molecular weight excluding hydrogens is 604 g/mol. The van der Waals surface area contributed by atoms with Crippen LogP contribution in [-0.2, 0) is 10.4 Å². The molecule has 0 heterocycles. The van der Waals surface area contributed by atoms with Gasteiger partial charge in [0.15, 0.2) is 0 Å².